The predicted molar refractivity (Wildman–Crippen MR) is 84.2 cm³/mol. The van der Waals surface area contributed by atoms with Crippen LogP contribution in [0.5, 0.6) is 0 Å². The maximum Gasteiger partial charge on any atom is 0.202 e. The minimum atomic E-state index is -0.0311. The summed E-state index contributed by atoms with van der Waals surface area (Å²) in [6.07, 6.45) is 5.88. The van der Waals surface area contributed by atoms with E-state index in [-0.39, 0.29) is 5.60 Å². The minimum absolute atomic E-state index is 0.0311. The first-order valence-electron chi connectivity index (χ1n) is 7.82. The highest BCUT2D eigenvalue weighted by atomic mass is 16.5. The molecule has 2 aromatic heterocycles. The van der Waals surface area contributed by atoms with E-state index in [1.807, 2.05) is 19.2 Å². The highest BCUT2D eigenvalue weighted by Gasteiger charge is 2.36. The zero-order valence-electron chi connectivity index (χ0n) is 13.1. The molecule has 2 N–H and O–H groups in total. The van der Waals surface area contributed by atoms with Crippen molar-refractivity contribution in [2.24, 2.45) is 0 Å². The van der Waals surface area contributed by atoms with E-state index in [1.165, 1.54) is 0 Å². The fourth-order valence-electron chi connectivity index (χ4n) is 3.43. The number of nitrogens with two attached hydrogens (primary N) is 1. The predicted octanol–water partition coefficient (Wildman–Crippen LogP) is 3.23. The van der Waals surface area contributed by atoms with Crippen molar-refractivity contribution in [1.82, 2.24) is 14.5 Å². The van der Waals surface area contributed by atoms with Crippen LogP contribution >= 0.6 is 0 Å². The first-order valence-corrected chi connectivity index (χ1v) is 7.82. The van der Waals surface area contributed by atoms with Gasteiger partial charge in [0.2, 0.25) is 5.95 Å². The van der Waals surface area contributed by atoms with Gasteiger partial charge in [0.1, 0.15) is 5.52 Å². The van der Waals surface area contributed by atoms with Gasteiger partial charge in [-0.25, -0.2) is 9.97 Å². The molecule has 1 aliphatic heterocycles. The van der Waals surface area contributed by atoms with Crippen LogP contribution in [-0.4, -0.2) is 26.7 Å². The SMILES string of the molecule is CCC1(CC)CC(n2c(N)nc3cc(C)cnc32)CCO1. The quantitative estimate of drug-likeness (QED) is 0.941. The molecule has 1 unspecified atom stereocenters. The molecule has 1 atom stereocenters. The van der Waals surface area contributed by atoms with Crippen molar-refractivity contribution in [2.75, 3.05) is 12.3 Å². The molecule has 3 rings (SSSR count). The third kappa shape index (κ3) is 2.39. The molecular formula is C16H24N4O. The Balaban J connectivity index is 2.02. The maximum atomic E-state index is 6.18. The van der Waals surface area contributed by atoms with Crippen molar-refractivity contribution in [3.05, 3.63) is 17.8 Å². The Morgan fingerprint density at radius 3 is 2.90 bits per heavy atom. The lowest BCUT2D eigenvalue weighted by atomic mass is 9.86. The topological polar surface area (TPSA) is 66.0 Å². The molecule has 0 amide bonds. The van der Waals surface area contributed by atoms with Gasteiger partial charge in [-0.15, -0.1) is 0 Å². The number of pyridine rings is 1. The zero-order valence-corrected chi connectivity index (χ0v) is 13.1. The number of rotatable bonds is 3. The number of anilines is 1. The van der Waals surface area contributed by atoms with E-state index in [1.54, 1.807) is 0 Å². The summed E-state index contributed by atoms with van der Waals surface area (Å²) in [6, 6.07) is 2.36. The van der Waals surface area contributed by atoms with Crippen LogP contribution in [0.3, 0.4) is 0 Å². The Hall–Kier alpha value is -1.62. The first kappa shape index (κ1) is 14.3. The minimum Gasteiger partial charge on any atom is -0.375 e. The Morgan fingerprint density at radius 2 is 2.19 bits per heavy atom. The van der Waals surface area contributed by atoms with Gasteiger partial charge in [0.15, 0.2) is 5.65 Å². The number of hydrogen-bond acceptors (Lipinski definition) is 4. The van der Waals surface area contributed by atoms with Gasteiger partial charge >= 0.3 is 0 Å². The summed E-state index contributed by atoms with van der Waals surface area (Å²) in [5, 5.41) is 0. The summed E-state index contributed by atoms with van der Waals surface area (Å²) in [7, 11) is 0. The van der Waals surface area contributed by atoms with E-state index in [4.69, 9.17) is 10.5 Å². The third-order valence-electron chi connectivity index (χ3n) is 4.81. The van der Waals surface area contributed by atoms with Crippen molar-refractivity contribution < 1.29 is 4.74 Å². The number of fused-ring (bicyclic) bond motifs is 1. The largest absolute Gasteiger partial charge is 0.375 e. The molecule has 3 heterocycles. The van der Waals surface area contributed by atoms with Crippen LogP contribution in [0, 0.1) is 6.92 Å². The Kier molecular flexibility index (Phi) is 3.61. The van der Waals surface area contributed by atoms with Gasteiger partial charge in [0.25, 0.3) is 0 Å². The monoisotopic (exact) mass is 288 g/mol. The Morgan fingerprint density at radius 1 is 1.43 bits per heavy atom. The standard InChI is InChI=1S/C16H24N4O/c1-4-16(5-2)9-12(6-7-21-16)20-14-13(19-15(20)17)8-11(3)10-18-14/h8,10,12H,4-7,9H2,1-3H3,(H2,17,19). The first-order chi connectivity index (χ1) is 10.1. The molecule has 1 saturated heterocycles. The van der Waals surface area contributed by atoms with Gasteiger partial charge in [0.05, 0.1) is 5.60 Å². The lowest BCUT2D eigenvalue weighted by Gasteiger charge is -2.40. The average Bonchev–Trinajstić information content (AvgIpc) is 2.82. The number of nitrogen functional groups attached to an aromatic ring is 1. The lowest BCUT2D eigenvalue weighted by Crippen LogP contribution is -2.39. The summed E-state index contributed by atoms with van der Waals surface area (Å²) in [5.74, 6) is 0.566. The second-order valence-corrected chi connectivity index (χ2v) is 6.08. The summed E-state index contributed by atoms with van der Waals surface area (Å²) >= 11 is 0. The van der Waals surface area contributed by atoms with Crippen molar-refractivity contribution >= 4 is 17.1 Å². The number of nitrogens with zero attached hydrogens (tertiary/aromatic N) is 3. The molecule has 5 nitrogen and oxygen atoms in total. The van der Waals surface area contributed by atoms with Crippen molar-refractivity contribution in [3.8, 4) is 0 Å². The molecule has 0 spiro atoms. The van der Waals surface area contributed by atoms with Crippen molar-refractivity contribution in [3.63, 3.8) is 0 Å². The number of aromatic nitrogens is 3. The average molecular weight is 288 g/mol. The van der Waals surface area contributed by atoms with Gasteiger partial charge in [-0.05, 0) is 44.2 Å². The molecule has 0 aromatic carbocycles. The molecular weight excluding hydrogens is 264 g/mol. The summed E-state index contributed by atoms with van der Waals surface area (Å²) in [5.41, 5.74) is 9.03. The summed E-state index contributed by atoms with van der Waals surface area (Å²) < 4.78 is 8.18. The van der Waals surface area contributed by atoms with Gasteiger partial charge in [-0.2, -0.15) is 0 Å². The fourth-order valence-corrected chi connectivity index (χ4v) is 3.43. The van der Waals surface area contributed by atoms with Gasteiger partial charge in [0, 0.05) is 18.8 Å². The zero-order chi connectivity index (χ0) is 15.0. The van der Waals surface area contributed by atoms with Gasteiger partial charge < -0.3 is 10.5 Å². The second kappa shape index (κ2) is 5.30. The number of aryl methyl sites for hydroxylation is 1. The Labute approximate surface area is 125 Å². The molecule has 0 radical (unpaired) electrons. The summed E-state index contributed by atoms with van der Waals surface area (Å²) in [4.78, 5) is 9.04. The molecule has 21 heavy (non-hydrogen) atoms. The highest BCUT2D eigenvalue weighted by molar-refractivity contribution is 5.74. The van der Waals surface area contributed by atoms with Crippen LogP contribution in [0.2, 0.25) is 0 Å². The number of ether oxygens (including phenoxy) is 1. The van der Waals surface area contributed by atoms with Crippen molar-refractivity contribution in [1.29, 1.82) is 0 Å². The van der Waals surface area contributed by atoms with Crippen LogP contribution in [0.1, 0.15) is 51.1 Å². The number of imidazole rings is 1. The molecule has 0 bridgehead atoms. The van der Waals surface area contributed by atoms with Crippen LogP contribution in [0.25, 0.3) is 11.2 Å². The van der Waals surface area contributed by atoms with Gasteiger partial charge in [-0.3, -0.25) is 4.57 Å². The molecule has 114 valence electrons. The smallest absolute Gasteiger partial charge is 0.202 e. The van der Waals surface area contributed by atoms with Crippen LogP contribution in [-0.2, 0) is 4.74 Å². The van der Waals surface area contributed by atoms with Crippen LogP contribution in [0.4, 0.5) is 5.95 Å². The lowest BCUT2D eigenvalue weighted by molar-refractivity contribution is -0.0980. The van der Waals surface area contributed by atoms with Gasteiger partial charge in [-0.1, -0.05) is 13.8 Å². The van der Waals surface area contributed by atoms with E-state index < -0.39 is 0 Å². The maximum absolute atomic E-state index is 6.18. The van der Waals surface area contributed by atoms with Crippen LogP contribution < -0.4 is 5.73 Å². The molecule has 0 saturated carbocycles. The molecule has 1 aliphatic rings. The van der Waals surface area contributed by atoms with E-state index >= 15 is 0 Å². The number of hydrogen-bond donors (Lipinski definition) is 1. The van der Waals surface area contributed by atoms with Crippen molar-refractivity contribution in [2.45, 2.75) is 58.1 Å². The molecule has 2 aromatic rings. The highest BCUT2D eigenvalue weighted by Crippen LogP contribution is 2.39. The van der Waals surface area contributed by atoms with E-state index in [0.717, 1.165) is 49.0 Å². The van der Waals surface area contributed by atoms with E-state index in [0.29, 0.717) is 12.0 Å². The molecule has 0 aliphatic carbocycles. The summed E-state index contributed by atoms with van der Waals surface area (Å²) in [6.45, 7) is 7.19. The molecule has 1 fully saturated rings. The second-order valence-electron chi connectivity index (χ2n) is 6.08. The third-order valence-corrected chi connectivity index (χ3v) is 4.81. The fraction of sp³-hybridized carbons (Fsp3) is 0.625. The van der Waals surface area contributed by atoms with E-state index in [9.17, 15) is 0 Å². The Bertz CT molecular complexity index is 645. The van der Waals surface area contributed by atoms with Crippen LogP contribution in [0.15, 0.2) is 12.3 Å². The van der Waals surface area contributed by atoms with E-state index in [2.05, 4.69) is 28.4 Å². The normalized spacial score (nSPS) is 21.8. The molecule has 5 heteroatoms.